The molecule has 1 heterocycles. The van der Waals surface area contributed by atoms with E-state index in [2.05, 4.69) is 15.9 Å². The Kier molecular flexibility index (Phi) is 3.84. The number of amides is 1. The first kappa shape index (κ1) is 13.9. The number of fused-ring (bicyclic) bond motifs is 1. The van der Waals surface area contributed by atoms with E-state index in [0.717, 1.165) is 10.0 Å². The molecular weight excluding hydrogens is 332 g/mol. The summed E-state index contributed by atoms with van der Waals surface area (Å²) in [5.74, 6) is 0.643. The van der Waals surface area contributed by atoms with Crippen LogP contribution in [0.3, 0.4) is 0 Å². The number of para-hydroxylation sites is 1. The van der Waals surface area contributed by atoms with Gasteiger partial charge in [0.25, 0.3) is 5.91 Å². The van der Waals surface area contributed by atoms with E-state index in [1.54, 1.807) is 11.0 Å². The SMILES string of the molecule is Nc1cc(CN2CCOc3ccccc3C2=O)ccc1Br. The maximum atomic E-state index is 12.6. The molecule has 2 aromatic rings. The minimum Gasteiger partial charge on any atom is -0.491 e. The van der Waals surface area contributed by atoms with Crippen molar-refractivity contribution in [2.24, 2.45) is 0 Å². The first-order valence-electron chi connectivity index (χ1n) is 6.70. The Bertz CT molecular complexity index is 688. The summed E-state index contributed by atoms with van der Waals surface area (Å²) in [6.07, 6.45) is 0. The van der Waals surface area contributed by atoms with Crippen LogP contribution in [-0.2, 0) is 6.54 Å². The average Bonchev–Trinajstić information content (AvgIpc) is 2.64. The Morgan fingerprint density at radius 1 is 1.24 bits per heavy atom. The topological polar surface area (TPSA) is 55.6 Å². The molecule has 0 aromatic heterocycles. The molecule has 0 fully saturated rings. The highest BCUT2D eigenvalue weighted by Crippen LogP contribution is 2.25. The Morgan fingerprint density at radius 2 is 2.05 bits per heavy atom. The second kappa shape index (κ2) is 5.77. The van der Waals surface area contributed by atoms with Crippen LogP contribution in [0.25, 0.3) is 0 Å². The van der Waals surface area contributed by atoms with Crippen LogP contribution in [0.1, 0.15) is 15.9 Å². The van der Waals surface area contributed by atoms with Crippen LogP contribution in [0.15, 0.2) is 46.9 Å². The Balaban J connectivity index is 1.85. The summed E-state index contributed by atoms with van der Waals surface area (Å²) < 4.78 is 6.50. The molecule has 3 rings (SSSR count). The van der Waals surface area contributed by atoms with Gasteiger partial charge in [0.15, 0.2) is 0 Å². The molecule has 0 radical (unpaired) electrons. The molecule has 5 heteroatoms. The quantitative estimate of drug-likeness (QED) is 0.850. The molecule has 1 aliphatic rings. The number of nitrogen functional groups attached to an aromatic ring is 1. The molecule has 1 amide bonds. The highest BCUT2D eigenvalue weighted by molar-refractivity contribution is 9.10. The average molecular weight is 347 g/mol. The van der Waals surface area contributed by atoms with Crippen molar-refractivity contribution >= 4 is 27.5 Å². The van der Waals surface area contributed by atoms with E-state index in [0.29, 0.717) is 36.7 Å². The molecule has 2 aromatic carbocycles. The number of anilines is 1. The predicted octanol–water partition coefficient (Wildman–Crippen LogP) is 3.07. The fraction of sp³-hybridized carbons (Fsp3) is 0.188. The van der Waals surface area contributed by atoms with Gasteiger partial charge in [-0.1, -0.05) is 18.2 Å². The van der Waals surface area contributed by atoms with Crippen molar-refractivity contribution in [3.63, 3.8) is 0 Å². The van der Waals surface area contributed by atoms with E-state index in [-0.39, 0.29) is 5.91 Å². The molecule has 0 atom stereocenters. The molecule has 0 aliphatic carbocycles. The third-order valence-electron chi connectivity index (χ3n) is 3.46. The number of nitrogens with two attached hydrogens (primary N) is 1. The molecule has 1 aliphatic heterocycles. The summed E-state index contributed by atoms with van der Waals surface area (Å²) in [5.41, 5.74) is 8.18. The molecule has 0 spiro atoms. The first-order chi connectivity index (χ1) is 10.1. The maximum absolute atomic E-state index is 12.6. The molecule has 0 saturated heterocycles. The molecule has 2 N–H and O–H groups in total. The number of hydrogen-bond donors (Lipinski definition) is 1. The van der Waals surface area contributed by atoms with Crippen LogP contribution in [0.2, 0.25) is 0 Å². The van der Waals surface area contributed by atoms with Crippen LogP contribution in [-0.4, -0.2) is 24.0 Å². The van der Waals surface area contributed by atoms with Gasteiger partial charge in [-0.3, -0.25) is 4.79 Å². The summed E-state index contributed by atoms with van der Waals surface area (Å²) in [6.45, 7) is 1.58. The predicted molar refractivity (Wildman–Crippen MR) is 85.2 cm³/mol. The zero-order valence-corrected chi connectivity index (χ0v) is 13.0. The van der Waals surface area contributed by atoms with Crippen molar-refractivity contribution in [3.8, 4) is 5.75 Å². The summed E-state index contributed by atoms with van der Waals surface area (Å²) in [5, 5.41) is 0. The van der Waals surface area contributed by atoms with Gasteiger partial charge in [-0.2, -0.15) is 0 Å². The summed E-state index contributed by atoms with van der Waals surface area (Å²) in [4.78, 5) is 14.4. The molecular formula is C16H15BrN2O2. The van der Waals surface area contributed by atoms with Gasteiger partial charge in [-0.25, -0.2) is 0 Å². The number of halogens is 1. The largest absolute Gasteiger partial charge is 0.491 e. The Hall–Kier alpha value is -2.01. The number of carbonyl (C=O) groups is 1. The van der Waals surface area contributed by atoms with Crippen LogP contribution in [0, 0.1) is 0 Å². The van der Waals surface area contributed by atoms with Crippen molar-refractivity contribution in [1.82, 2.24) is 4.90 Å². The van der Waals surface area contributed by atoms with Gasteiger partial charge >= 0.3 is 0 Å². The third kappa shape index (κ3) is 2.88. The van der Waals surface area contributed by atoms with Gasteiger partial charge in [0.05, 0.1) is 12.1 Å². The van der Waals surface area contributed by atoms with Crippen LogP contribution < -0.4 is 10.5 Å². The van der Waals surface area contributed by atoms with Crippen molar-refractivity contribution < 1.29 is 9.53 Å². The van der Waals surface area contributed by atoms with Gasteiger partial charge in [-0.05, 0) is 45.8 Å². The fourth-order valence-electron chi connectivity index (χ4n) is 2.37. The van der Waals surface area contributed by atoms with E-state index in [1.807, 2.05) is 36.4 Å². The molecule has 0 bridgehead atoms. The number of benzene rings is 2. The highest BCUT2D eigenvalue weighted by atomic mass is 79.9. The van der Waals surface area contributed by atoms with E-state index in [1.165, 1.54) is 0 Å². The van der Waals surface area contributed by atoms with Crippen LogP contribution in [0.4, 0.5) is 5.69 Å². The number of ether oxygens (including phenoxy) is 1. The second-order valence-corrected chi connectivity index (χ2v) is 5.78. The van der Waals surface area contributed by atoms with Crippen molar-refractivity contribution in [2.75, 3.05) is 18.9 Å². The van der Waals surface area contributed by atoms with E-state index >= 15 is 0 Å². The lowest BCUT2D eigenvalue weighted by Gasteiger charge is -2.20. The van der Waals surface area contributed by atoms with Crippen LogP contribution >= 0.6 is 15.9 Å². The lowest BCUT2D eigenvalue weighted by molar-refractivity contribution is 0.0743. The number of rotatable bonds is 2. The molecule has 0 saturated carbocycles. The molecule has 21 heavy (non-hydrogen) atoms. The lowest BCUT2D eigenvalue weighted by Crippen LogP contribution is -2.31. The van der Waals surface area contributed by atoms with Crippen molar-refractivity contribution in [3.05, 3.63) is 58.1 Å². The van der Waals surface area contributed by atoms with Gasteiger partial charge in [0, 0.05) is 16.7 Å². The highest BCUT2D eigenvalue weighted by Gasteiger charge is 2.23. The summed E-state index contributed by atoms with van der Waals surface area (Å²) in [7, 11) is 0. The minimum atomic E-state index is -0.00964. The van der Waals surface area contributed by atoms with Crippen molar-refractivity contribution in [1.29, 1.82) is 0 Å². The smallest absolute Gasteiger partial charge is 0.258 e. The Morgan fingerprint density at radius 3 is 2.86 bits per heavy atom. The first-order valence-corrected chi connectivity index (χ1v) is 7.49. The number of nitrogens with zero attached hydrogens (tertiary/aromatic N) is 1. The lowest BCUT2D eigenvalue weighted by atomic mass is 10.1. The Labute approximate surface area is 131 Å². The van der Waals surface area contributed by atoms with Gasteiger partial charge < -0.3 is 15.4 Å². The molecule has 108 valence electrons. The summed E-state index contributed by atoms with van der Waals surface area (Å²) >= 11 is 3.37. The number of hydrogen-bond acceptors (Lipinski definition) is 3. The zero-order chi connectivity index (χ0) is 14.8. The van der Waals surface area contributed by atoms with Gasteiger partial charge in [0.1, 0.15) is 12.4 Å². The fourth-order valence-corrected chi connectivity index (χ4v) is 2.62. The maximum Gasteiger partial charge on any atom is 0.258 e. The van der Waals surface area contributed by atoms with Gasteiger partial charge in [0.2, 0.25) is 0 Å². The monoisotopic (exact) mass is 346 g/mol. The third-order valence-corrected chi connectivity index (χ3v) is 4.18. The minimum absolute atomic E-state index is 0.00964. The van der Waals surface area contributed by atoms with E-state index in [9.17, 15) is 4.79 Å². The normalized spacial score (nSPS) is 14.3. The van der Waals surface area contributed by atoms with Gasteiger partial charge in [-0.15, -0.1) is 0 Å². The molecule has 0 unspecified atom stereocenters. The zero-order valence-electron chi connectivity index (χ0n) is 11.4. The van der Waals surface area contributed by atoms with Crippen LogP contribution in [0.5, 0.6) is 5.75 Å². The van der Waals surface area contributed by atoms with Crippen molar-refractivity contribution in [2.45, 2.75) is 6.54 Å². The number of carbonyl (C=O) groups excluding carboxylic acids is 1. The van der Waals surface area contributed by atoms with E-state index in [4.69, 9.17) is 10.5 Å². The standard InChI is InChI=1S/C16H15BrN2O2/c17-13-6-5-11(9-14(13)18)10-19-7-8-21-15-4-2-1-3-12(15)16(19)20/h1-6,9H,7-8,10,18H2. The van der Waals surface area contributed by atoms with E-state index < -0.39 is 0 Å². The summed E-state index contributed by atoms with van der Waals surface area (Å²) in [6, 6.07) is 13.1. The second-order valence-electron chi connectivity index (χ2n) is 4.93. The molecule has 4 nitrogen and oxygen atoms in total.